The first-order valence-electron chi connectivity index (χ1n) is 9.10. The fourth-order valence-corrected chi connectivity index (χ4v) is 3.07. The lowest BCUT2D eigenvalue weighted by molar-refractivity contribution is -0.384. The van der Waals surface area contributed by atoms with Crippen LogP contribution in [0, 0.1) is 21.4 Å². The Hall–Kier alpha value is -3.96. The maximum atomic E-state index is 12.5. The molecule has 31 heavy (non-hydrogen) atoms. The van der Waals surface area contributed by atoms with Crippen LogP contribution in [-0.4, -0.2) is 10.8 Å². The van der Waals surface area contributed by atoms with E-state index in [-0.39, 0.29) is 17.9 Å². The number of nitro groups is 1. The van der Waals surface area contributed by atoms with Crippen molar-refractivity contribution in [2.24, 2.45) is 0 Å². The van der Waals surface area contributed by atoms with Gasteiger partial charge in [0.05, 0.1) is 4.92 Å². The molecular weight excluding hydrogens is 462 g/mol. The molecule has 0 aliphatic carbocycles. The molecule has 3 aromatic carbocycles. The fraction of sp³-hybridized carbons (Fsp3) is 0.0435. The number of halogens is 1. The number of carbonyl (C=O) groups is 1. The van der Waals surface area contributed by atoms with E-state index < -0.39 is 10.8 Å². The second-order valence-corrected chi connectivity index (χ2v) is 7.30. The third-order valence-corrected chi connectivity index (χ3v) is 4.70. The van der Waals surface area contributed by atoms with Crippen LogP contribution in [0.25, 0.3) is 6.08 Å². The average Bonchev–Trinajstić information content (AvgIpc) is 2.77. The summed E-state index contributed by atoms with van der Waals surface area (Å²) < 4.78 is 6.62. The highest BCUT2D eigenvalue weighted by Crippen LogP contribution is 2.23. The number of nitrogens with one attached hydrogen (secondary N) is 1. The molecule has 1 N–H and O–H groups in total. The van der Waals surface area contributed by atoms with Gasteiger partial charge in [-0.3, -0.25) is 14.9 Å². The summed E-state index contributed by atoms with van der Waals surface area (Å²) in [6, 6.07) is 22.0. The van der Waals surface area contributed by atoms with Crippen molar-refractivity contribution in [3.63, 3.8) is 0 Å². The van der Waals surface area contributed by atoms with E-state index in [1.807, 2.05) is 12.1 Å². The maximum absolute atomic E-state index is 12.5. The number of anilines is 1. The van der Waals surface area contributed by atoms with Gasteiger partial charge in [0.15, 0.2) is 0 Å². The Bertz CT molecular complexity index is 1180. The molecule has 154 valence electrons. The van der Waals surface area contributed by atoms with E-state index >= 15 is 0 Å². The van der Waals surface area contributed by atoms with Crippen molar-refractivity contribution in [3.8, 4) is 11.8 Å². The number of amides is 1. The zero-order valence-electron chi connectivity index (χ0n) is 16.1. The summed E-state index contributed by atoms with van der Waals surface area (Å²) >= 11 is 3.34. The van der Waals surface area contributed by atoms with Gasteiger partial charge in [-0.2, -0.15) is 5.26 Å². The highest BCUT2D eigenvalue weighted by atomic mass is 79.9. The number of nitrogens with zero attached hydrogens (tertiary/aromatic N) is 2. The topological polar surface area (TPSA) is 105 Å². The van der Waals surface area contributed by atoms with Crippen LogP contribution in [0.15, 0.2) is 82.8 Å². The molecule has 0 saturated carbocycles. The van der Waals surface area contributed by atoms with E-state index in [2.05, 4.69) is 21.2 Å². The molecule has 0 aliphatic rings. The highest BCUT2D eigenvalue weighted by molar-refractivity contribution is 9.10. The Morgan fingerprint density at radius 3 is 2.55 bits per heavy atom. The monoisotopic (exact) mass is 477 g/mol. The molecule has 0 radical (unpaired) electrons. The number of benzene rings is 3. The van der Waals surface area contributed by atoms with E-state index in [9.17, 15) is 20.2 Å². The molecule has 0 bridgehead atoms. The highest BCUT2D eigenvalue weighted by Gasteiger charge is 2.12. The number of nitro benzene ring substituents is 1. The lowest BCUT2D eigenvalue weighted by Crippen LogP contribution is -2.13. The Kier molecular flexibility index (Phi) is 7.14. The van der Waals surface area contributed by atoms with E-state index in [0.717, 1.165) is 10.0 Å². The molecule has 0 aliphatic heterocycles. The van der Waals surface area contributed by atoms with Gasteiger partial charge in [-0.15, -0.1) is 0 Å². The normalized spacial score (nSPS) is 10.8. The number of para-hydroxylation sites is 1. The molecule has 0 unspecified atom stereocenters. The van der Waals surface area contributed by atoms with Crippen LogP contribution in [0.2, 0.25) is 0 Å². The molecule has 0 spiro atoms. The summed E-state index contributed by atoms with van der Waals surface area (Å²) in [5.74, 6) is -0.0605. The van der Waals surface area contributed by atoms with Crippen molar-refractivity contribution in [2.75, 3.05) is 5.32 Å². The second-order valence-electron chi connectivity index (χ2n) is 6.38. The van der Waals surface area contributed by atoms with E-state index in [0.29, 0.717) is 17.0 Å². The quantitative estimate of drug-likeness (QED) is 0.210. The van der Waals surface area contributed by atoms with Gasteiger partial charge in [0.2, 0.25) is 0 Å². The van der Waals surface area contributed by atoms with Gasteiger partial charge in [0.25, 0.3) is 11.6 Å². The number of rotatable bonds is 7. The molecule has 1 amide bonds. The molecular formula is C23H16BrN3O4. The second kappa shape index (κ2) is 10.2. The molecule has 0 atom stereocenters. The molecule has 0 saturated heterocycles. The van der Waals surface area contributed by atoms with Crippen LogP contribution >= 0.6 is 15.9 Å². The Labute approximate surface area is 186 Å². The molecule has 8 heteroatoms. The summed E-state index contributed by atoms with van der Waals surface area (Å²) in [6.07, 6.45) is 1.46. The van der Waals surface area contributed by atoms with Crippen molar-refractivity contribution < 1.29 is 14.5 Å². The maximum Gasteiger partial charge on any atom is 0.269 e. The number of carbonyl (C=O) groups excluding carboxylic acids is 1. The molecule has 7 nitrogen and oxygen atoms in total. The van der Waals surface area contributed by atoms with Gasteiger partial charge in [-0.25, -0.2) is 0 Å². The van der Waals surface area contributed by atoms with Crippen LogP contribution in [0.4, 0.5) is 11.4 Å². The first-order valence-corrected chi connectivity index (χ1v) is 9.89. The first-order chi connectivity index (χ1) is 15.0. The van der Waals surface area contributed by atoms with Gasteiger partial charge in [0, 0.05) is 27.9 Å². The lowest BCUT2D eigenvalue weighted by atomic mass is 10.1. The average molecular weight is 478 g/mol. The van der Waals surface area contributed by atoms with Crippen molar-refractivity contribution in [3.05, 3.63) is 104 Å². The minimum Gasteiger partial charge on any atom is -0.488 e. The molecule has 3 aromatic rings. The Balaban J connectivity index is 1.76. The first kappa shape index (κ1) is 21.7. The van der Waals surface area contributed by atoms with Crippen molar-refractivity contribution in [1.29, 1.82) is 5.26 Å². The van der Waals surface area contributed by atoms with E-state index in [1.54, 1.807) is 54.6 Å². The SMILES string of the molecule is N#C/C(=C/c1ccccc1OCc1ccc([N+](=O)[O-])cc1)C(=O)Nc1cccc(Br)c1. The number of non-ortho nitro benzene ring substituents is 1. The molecule has 0 heterocycles. The van der Waals surface area contributed by atoms with Crippen molar-refractivity contribution >= 4 is 39.3 Å². The number of hydrogen-bond acceptors (Lipinski definition) is 5. The standard InChI is InChI=1S/C23H16BrN3O4/c24-19-5-3-6-20(13-19)26-23(28)18(14-25)12-17-4-1-2-7-22(17)31-15-16-8-10-21(11-9-16)27(29)30/h1-13H,15H2,(H,26,28)/b18-12-. The van der Waals surface area contributed by atoms with Crippen molar-refractivity contribution in [1.82, 2.24) is 0 Å². The zero-order chi connectivity index (χ0) is 22.2. The smallest absolute Gasteiger partial charge is 0.269 e. The van der Waals surface area contributed by atoms with Gasteiger partial charge < -0.3 is 10.1 Å². The predicted octanol–water partition coefficient (Wildman–Crippen LogP) is 5.48. The summed E-state index contributed by atoms with van der Waals surface area (Å²) in [5.41, 5.74) is 1.79. The summed E-state index contributed by atoms with van der Waals surface area (Å²) in [6.45, 7) is 0.176. The number of nitriles is 1. The van der Waals surface area contributed by atoms with Crippen LogP contribution in [-0.2, 0) is 11.4 Å². The summed E-state index contributed by atoms with van der Waals surface area (Å²) in [7, 11) is 0. The van der Waals surface area contributed by atoms with Crippen molar-refractivity contribution in [2.45, 2.75) is 6.61 Å². The van der Waals surface area contributed by atoms with Crippen LogP contribution < -0.4 is 10.1 Å². The third-order valence-electron chi connectivity index (χ3n) is 4.21. The minimum atomic E-state index is -0.536. The summed E-state index contributed by atoms with van der Waals surface area (Å²) in [5, 5.41) is 22.9. The van der Waals surface area contributed by atoms with Gasteiger partial charge in [-0.1, -0.05) is 40.2 Å². The minimum absolute atomic E-state index is 0.00204. The van der Waals surface area contributed by atoms with Gasteiger partial charge in [-0.05, 0) is 48.0 Å². The largest absolute Gasteiger partial charge is 0.488 e. The third kappa shape index (κ3) is 6.01. The Morgan fingerprint density at radius 1 is 1.13 bits per heavy atom. The summed E-state index contributed by atoms with van der Waals surface area (Å²) in [4.78, 5) is 22.8. The van der Waals surface area contributed by atoms with Crippen LogP contribution in [0.5, 0.6) is 5.75 Å². The van der Waals surface area contributed by atoms with Crippen LogP contribution in [0.3, 0.4) is 0 Å². The Morgan fingerprint density at radius 2 is 1.87 bits per heavy atom. The van der Waals surface area contributed by atoms with E-state index in [1.165, 1.54) is 18.2 Å². The number of hydrogen-bond donors (Lipinski definition) is 1. The number of ether oxygens (including phenoxy) is 1. The van der Waals surface area contributed by atoms with Crippen LogP contribution in [0.1, 0.15) is 11.1 Å². The molecule has 0 aromatic heterocycles. The molecule has 0 fully saturated rings. The fourth-order valence-electron chi connectivity index (χ4n) is 2.67. The van der Waals surface area contributed by atoms with E-state index in [4.69, 9.17) is 4.74 Å². The van der Waals surface area contributed by atoms with Gasteiger partial charge >= 0.3 is 0 Å². The predicted molar refractivity (Wildman–Crippen MR) is 120 cm³/mol. The van der Waals surface area contributed by atoms with Gasteiger partial charge in [0.1, 0.15) is 24.0 Å². The molecule has 3 rings (SSSR count). The lowest BCUT2D eigenvalue weighted by Gasteiger charge is -2.10. The zero-order valence-corrected chi connectivity index (χ0v) is 17.7.